The number of hydrogen-bond acceptors (Lipinski definition) is 3. The second kappa shape index (κ2) is 11.7. The fraction of sp³-hybridized carbons (Fsp3) is 0.842. The van der Waals surface area contributed by atoms with E-state index in [2.05, 4.69) is 48.5 Å². The number of rotatable bonds is 12. The molecule has 0 aromatic rings. The summed E-state index contributed by atoms with van der Waals surface area (Å²) in [5.74, 6) is 1.20. The predicted molar refractivity (Wildman–Crippen MR) is 104 cm³/mol. The average Bonchev–Trinajstić information content (AvgIpc) is 2.51. The molecule has 0 fully saturated rings. The molecule has 0 aliphatic carbocycles. The molecule has 1 radical (unpaired) electrons. The van der Waals surface area contributed by atoms with Crippen LogP contribution in [-0.4, -0.2) is 25.3 Å². The molecule has 4 heteroatoms. The van der Waals surface area contributed by atoms with Gasteiger partial charge in [0.2, 0.25) is 0 Å². The lowest BCUT2D eigenvalue weighted by atomic mass is 9.84. The summed E-state index contributed by atoms with van der Waals surface area (Å²) in [6.07, 6.45) is 9.34. The number of hydrogen-bond donors (Lipinski definition) is 1. The van der Waals surface area contributed by atoms with Crippen molar-refractivity contribution < 1.29 is 4.65 Å². The molecule has 133 valence electrons. The third kappa shape index (κ3) is 9.86. The van der Waals surface area contributed by atoms with Gasteiger partial charge in [0.05, 0.1) is 0 Å². The van der Waals surface area contributed by atoms with Crippen LogP contribution >= 0.6 is 0 Å². The highest BCUT2D eigenvalue weighted by Gasteiger charge is 2.23. The first-order chi connectivity index (χ1) is 10.8. The van der Waals surface area contributed by atoms with E-state index in [4.69, 9.17) is 15.4 Å². The lowest BCUT2D eigenvalue weighted by molar-refractivity contribution is 0.0662. The standard InChI is InChI=1S/C19H38BN2O/c1-8-10-18(12-11-16(5)9-2)22-14-17(13-21)20-23-19(6,7)15(3)4/h13-16,18H,8-12,21H2,1-7H3/b17-13+,22-14?. The van der Waals surface area contributed by atoms with Crippen LogP contribution in [0.5, 0.6) is 0 Å². The highest BCUT2D eigenvalue weighted by atomic mass is 16.5. The number of allylic oxidation sites excluding steroid dienone is 1. The molecule has 3 nitrogen and oxygen atoms in total. The van der Waals surface area contributed by atoms with Crippen LogP contribution < -0.4 is 5.73 Å². The molecule has 0 aromatic carbocycles. The maximum absolute atomic E-state index is 5.89. The van der Waals surface area contributed by atoms with E-state index in [1.165, 1.54) is 12.8 Å². The summed E-state index contributed by atoms with van der Waals surface area (Å²) in [5.41, 5.74) is 6.35. The molecular weight excluding hydrogens is 283 g/mol. The van der Waals surface area contributed by atoms with Crippen molar-refractivity contribution in [3.63, 3.8) is 0 Å². The van der Waals surface area contributed by atoms with Crippen LogP contribution in [0.3, 0.4) is 0 Å². The van der Waals surface area contributed by atoms with E-state index in [9.17, 15) is 0 Å². The van der Waals surface area contributed by atoms with Gasteiger partial charge in [0, 0.05) is 17.9 Å². The monoisotopic (exact) mass is 321 g/mol. The number of aliphatic imine (C=N–C) groups is 1. The largest absolute Gasteiger partial charge is 0.429 e. The van der Waals surface area contributed by atoms with E-state index in [1.807, 2.05) is 6.21 Å². The van der Waals surface area contributed by atoms with Crippen LogP contribution in [0, 0.1) is 11.8 Å². The second-order valence-corrected chi connectivity index (χ2v) is 7.47. The first-order valence-corrected chi connectivity index (χ1v) is 9.22. The molecule has 2 N–H and O–H groups in total. The fourth-order valence-electron chi connectivity index (χ4n) is 1.97. The SMILES string of the molecule is CCCC(CCC(C)CC)N=C/C([B]OC(C)(C)C(C)C)=C\N. The minimum Gasteiger partial charge on any atom is -0.429 e. The molecule has 0 aliphatic heterocycles. The molecule has 0 saturated carbocycles. The molecule has 0 rings (SSSR count). The van der Waals surface area contributed by atoms with Crippen molar-refractivity contribution >= 4 is 13.7 Å². The molecule has 0 spiro atoms. The molecule has 0 aliphatic rings. The van der Waals surface area contributed by atoms with Crippen LogP contribution in [0.2, 0.25) is 0 Å². The Bertz CT molecular complexity index is 364. The lowest BCUT2D eigenvalue weighted by Gasteiger charge is -2.30. The maximum Gasteiger partial charge on any atom is 0.333 e. The molecule has 0 heterocycles. The van der Waals surface area contributed by atoms with E-state index < -0.39 is 0 Å². The smallest absolute Gasteiger partial charge is 0.333 e. The van der Waals surface area contributed by atoms with E-state index in [-0.39, 0.29) is 5.60 Å². The summed E-state index contributed by atoms with van der Waals surface area (Å²) in [7, 11) is 1.74. The van der Waals surface area contributed by atoms with Crippen molar-refractivity contribution in [2.24, 2.45) is 22.6 Å². The van der Waals surface area contributed by atoms with Gasteiger partial charge in [0.25, 0.3) is 0 Å². The van der Waals surface area contributed by atoms with Gasteiger partial charge in [-0.25, -0.2) is 0 Å². The Morgan fingerprint density at radius 2 is 1.83 bits per heavy atom. The number of nitrogens with zero attached hydrogens (tertiary/aromatic N) is 1. The molecule has 2 unspecified atom stereocenters. The van der Waals surface area contributed by atoms with Gasteiger partial charge in [-0.3, -0.25) is 4.99 Å². The third-order valence-electron chi connectivity index (χ3n) is 4.83. The summed E-state index contributed by atoms with van der Waals surface area (Å²) >= 11 is 0. The van der Waals surface area contributed by atoms with Gasteiger partial charge in [-0.15, -0.1) is 0 Å². The van der Waals surface area contributed by atoms with Crippen molar-refractivity contribution in [2.75, 3.05) is 0 Å². The van der Waals surface area contributed by atoms with Gasteiger partial charge in [-0.05, 0) is 56.6 Å². The van der Waals surface area contributed by atoms with Gasteiger partial charge in [-0.1, -0.05) is 47.5 Å². The molecule has 0 amide bonds. The van der Waals surface area contributed by atoms with Gasteiger partial charge in [-0.2, -0.15) is 0 Å². The minimum atomic E-state index is -0.207. The van der Waals surface area contributed by atoms with Crippen molar-refractivity contribution in [2.45, 2.75) is 92.2 Å². The van der Waals surface area contributed by atoms with Crippen molar-refractivity contribution in [3.05, 3.63) is 11.7 Å². The van der Waals surface area contributed by atoms with Crippen molar-refractivity contribution in [1.29, 1.82) is 0 Å². The van der Waals surface area contributed by atoms with Crippen LogP contribution in [0.15, 0.2) is 16.7 Å². The van der Waals surface area contributed by atoms with Gasteiger partial charge in [0.15, 0.2) is 0 Å². The zero-order valence-corrected chi connectivity index (χ0v) is 16.4. The van der Waals surface area contributed by atoms with E-state index in [0.717, 1.165) is 30.7 Å². The number of nitrogens with two attached hydrogens (primary N) is 1. The normalized spacial score (nSPS) is 16.1. The highest BCUT2D eigenvalue weighted by molar-refractivity contribution is 6.46. The average molecular weight is 321 g/mol. The first kappa shape index (κ1) is 22.2. The van der Waals surface area contributed by atoms with Crippen molar-refractivity contribution in [3.8, 4) is 0 Å². The Labute approximate surface area is 145 Å². The Kier molecular flexibility index (Phi) is 11.3. The van der Waals surface area contributed by atoms with Crippen LogP contribution in [0.4, 0.5) is 0 Å². The summed E-state index contributed by atoms with van der Waals surface area (Å²) in [5, 5.41) is 0. The summed E-state index contributed by atoms with van der Waals surface area (Å²) < 4.78 is 5.89. The zero-order chi connectivity index (χ0) is 17.9. The van der Waals surface area contributed by atoms with Gasteiger partial charge >= 0.3 is 7.48 Å². The van der Waals surface area contributed by atoms with Crippen LogP contribution in [0.1, 0.15) is 80.6 Å². The second-order valence-electron chi connectivity index (χ2n) is 7.47. The van der Waals surface area contributed by atoms with Crippen LogP contribution in [-0.2, 0) is 4.65 Å². The summed E-state index contributed by atoms with van der Waals surface area (Å²) in [4.78, 5) is 4.75. The summed E-state index contributed by atoms with van der Waals surface area (Å²) in [6, 6.07) is 0.385. The Morgan fingerprint density at radius 3 is 2.30 bits per heavy atom. The Hall–Kier alpha value is -0.765. The Morgan fingerprint density at radius 1 is 1.17 bits per heavy atom. The topological polar surface area (TPSA) is 47.6 Å². The van der Waals surface area contributed by atoms with Crippen molar-refractivity contribution in [1.82, 2.24) is 0 Å². The molecule has 0 aromatic heterocycles. The minimum absolute atomic E-state index is 0.207. The van der Waals surface area contributed by atoms with Gasteiger partial charge in [0.1, 0.15) is 0 Å². The maximum atomic E-state index is 5.89. The summed E-state index contributed by atoms with van der Waals surface area (Å²) in [6.45, 7) is 15.3. The first-order valence-electron chi connectivity index (χ1n) is 9.22. The fourth-order valence-corrected chi connectivity index (χ4v) is 1.97. The highest BCUT2D eigenvalue weighted by Crippen LogP contribution is 2.20. The third-order valence-corrected chi connectivity index (χ3v) is 4.83. The molecule has 23 heavy (non-hydrogen) atoms. The van der Waals surface area contributed by atoms with Gasteiger partial charge < -0.3 is 10.4 Å². The van der Waals surface area contributed by atoms with E-state index >= 15 is 0 Å². The quantitative estimate of drug-likeness (QED) is 0.409. The zero-order valence-electron chi connectivity index (χ0n) is 16.4. The molecule has 2 atom stereocenters. The predicted octanol–water partition coefficient (Wildman–Crippen LogP) is 4.92. The van der Waals surface area contributed by atoms with E-state index in [0.29, 0.717) is 12.0 Å². The van der Waals surface area contributed by atoms with Crippen LogP contribution in [0.25, 0.3) is 0 Å². The Balaban J connectivity index is 4.57. The molecule has 0 bridgehead atoms. The molecular formula is C19H38BN2O. The van der Waals surface area contributed by atoms with E-state index in [1.54, 1.807) is 13.7 Å². The molecule has 0 saturated heterocycles. The lowest BCUT2D eigenvalue weighted by Crippen LogP contribution is -2.33.